The molecule has 1 aliphatic rings. The minimum atomic E-state index is 0.370. The number of aldehydes is 1. The van der Waals surface area contributed by atoms with Gasteiger partial charge < -0.3 is 9.45 Å². The van der Waals surface area contributed by atoms with E-state index >= 15 is 0 Å². The summed E-state index contributed by atoms with van der Waals surface area (Å²) >= 11 is 6.06. The van der Waals surface area contributed by atoms with Gasteiger partial charge in [0.05, 0.1) is 11.0 Å². The fourth-order valence-electron chi connectivity index (χ4n) is 2.60. The molecule has 0 atom stereocenters. The van der Waals surface area contributed by atoms with Crippen LogP contribution in [0, 0.1) is 0 Å². The maximum absolute atomic E-state index is 11.3. The first kappa shape index (κ1) is 13.3. The lowest BCUT2D eigenvalue weighted by Crippen LogP contribution is -2.04. The van der Waals surface area contributed by atoms with Crippen molar-refractivity contribution in [2.45, 2.75) is 13.2 Å². The van der Waals surface area contributed by atoms with Crippen LogP contribution < -0.4 is 4.89 Å². The third-order valence-electron chi connectivity index (χ3n) is 3.68. The molecule has 0 N–H and O–H groups in total. The Bertz CT molecular complexity index is 888. The summed E-state index contributed by atoms with van der Waals surface area (Å²) in [5.74, 6) is 1.09. The Balaban J connectivity index is 1.80. The highest BCUT2D eigenvalue weighted by molar-refractivity contribution is 6.31. The molecule has 22 heavy (non-hydrogen) atoms. The Morgan fingerprint density at radius 2 is 2.18 bits per heavy atom. The van der Waals surface area contributed by atoms with Gasteiger partial charge in [-0.2, -0.15) is 4.89 Å². The van der Waals surface area contributed by atoms with Gasteiger partial charge >= 0.3 is 0 Å². The minimum Gasteiger partial charge on any atom is -0.337 e. The monoisotopic (exact) mass is 314 g/mol. The minimum absolute atomic E-state index is 0.370. The lowest BCUT2D eigenvalue weighted by molar-refractivity contribution is -0.194. The lowest BCUT2D eigenvalue weighted by atomic mass is 10.1. The zero-order valence-corrected chi connectivity index (χ0v) is 12.2. The van der Waals surface area contributed by atoms with Gasteiger partial charge in [0.1, 0.15) is 6.61 Å². The summed E-state index contributed by atoms with van der Waals surface area (Å²) in [7, 11) is 0. The molecule has 0 bridgehead atoms. The van der Waals surface area contributed by atoms with Crippen molar-refractivity contribution >= 4 is 28.9 Å². The van der Waals surface area contributed by atoms with Crippen LogP contribution in [-0.2, 0) is 18.0 Å². The van der Waals surface area contributed by atoms with Crippen LogP contribution in [0.2, 0.25) is 5.02 Å². The highest BCUT2D eigenvalue weighted by Gasteiger charge is 2.16. The lowest BCUT2D eigenvalue weighted by Gasteiger charge is -2.07. The molecule has 0 radical (unpaired) electrons. The largest absolute Gasteiger partial charge is 0.337 e. The van der Waals surface area contributed by atoms with Gasteiger partial charge in [-0.15, -0.1) is 0 Å². The Labute approximate surface area is 131 Å². The van der Waals surface area contributed by atoms with Crippen LogP contribution in [0.25, 0.3) is 11.0 Å². The maximum atomic E-state index is 11.3. The summed E-state index contributed by atoms with van der Waals surface area (Å²) < 4.78 is 1.84. The van der Waals surface area contributed by atoms with Gasteiger partial charge in [-0.3, -0.25) is 4.79 Å². The van der Waals surface area contributed by atoms with Crippen LogP contribution in [0.3, 0.4) is 0 Å². The molecule has 6 heteroatoms. The van der Waals surface area contributed by atoms with Gasteiger partial charge in [0.15, 0.2) is 17.9 Å². The molecule has 110 valence electrons. The Morgan fingerprint density at radius 3 is 3.05 bits per heavy atom. The van der Waals surface area contributed by atoms with E-state index in [9.17, 15) is 4.79 Å². The smallest absolute Gasteiger partial charge is 0.185 e. The van der Waals surface area contributed by atoms with Gasteiger partial charge in [-0.25, -0.2) is 4.98 Å². The topological polar surface area (TPSA) is 53.4 Å². The zero-order chi connectivity index (χ0) is 15.1. The second-order valence-electron chi connectivity index (χ2n) is 5.09. The van der Waals surface area contributed by atoms with Crippen molar-refractivity contribution in [3.05, 3.63) is 58.4 Å². The molecule has 3 aromatic rings. The summed E-state index contributed by atoms with van der Waals surface area (Å²) in [5.41, 5.74) is 3.57. The molecule has 1 aliphatic heterocycles. The number of imidazole rings is 1. The van der Waals surface area contributed by atoms with E-state index in [1.807, 2.05) is 28.8 Å². The van der Waals surface area contributed by atoms with Gasteiger partial charge in [0, 0.05) is 17.1 Å². The van der Waals surface area contributed by atoms with E-state index in [0.29, 0.717) is 29.7 Å². The van der Waals surface area contributed by atoms with Gasteiger partial charge in [0.2, 0.25) is 0 Å². The first-order valence-corrected chi connectivity index (χ1v) is 7.14. The summed E-state index contributed by atoms with van der Waals surface area (Å²) in [6.07, 6.45) is 0.751. The number of carbonyl (C=O) groups excluding carboxylic acids is 1. The number of nitrogens with zero attached hydrogens (tertiary/aromatic N) is 2. The van der Waals surface area contributed by atoms with Crippen molar-refractivity contribution < 1.29 is 14.6 Å². The Hall–Kier alpha value is -2.37. The third kappa shape index (κ3) is 2.15. The van der Waals surface area contributed by atoms with Gasteiger partial charge in [-0.05, 0) is 29.8 Å². The van der Waals surface area contributed by atoms with E-state index in [-0.39, 0.29) is 0 Å². The van der Waals surface area contributed by atoms with Crippen molar-refractivity contribution in [3.63, 3.8) is 0 Å². The molecule has 0 amide bonds. The number of rotatable bonds is 3. The number of aromatic nitrogens is 2. The van der Waals surface area contributed by atoms with E-state index < -0.39 is 0 Å². The van der Waals surface area contributed by atoms with Crippen LogP contribution in [0.5, 0.6) is 5.75 Å². The standard InChI is InChI=1S/C16H11ClN2O3/c17-12-3-4-13-14(6-12)19(16(8-20)18-13)7-10-1-2-11-9-21-22-15(11)5-10/h1-6,8H,7,9H2. The number of hydrogen-bond donors (Lipinski definition) is 0. The Morgan fingerprint density at radius 1 is 1.27 bits per heavy atom. The van der Waals surface area contributed by atoms with E-state index in [0.717, 1.165) is 28.4 Å². The van der Waals surface area contributed by atoms with E-state index in [1.165, 1.54) is 0 Å². The number of benzene rings is 2. The molecular formula is C16H11ClN2O3. The molecule has 0 saturated heterocycles. The van der Waals surface area contributed by atoms with Crippen molar-refractivity contribution in [2.24, 2.45) is 0 Å². The highest BCUT2D eigenvalue weighted by Crippen LogP contribution is 2.28. The molecule has 0 spiro atoms. The first-order chi connectivity index (χ1) is 10.7. The van der Waals surface area contributed by atoms with Crippen LogP contribution in [-0.4, -0.2) is 15.8 Å². The average molecular weight is 315 g/mol. The first-order valence-electron chi connectivity index (χ1n) is 6.77. The zero-order valence-electron chi connectivity index (χ0n) is 11.5. The third-order valence-corrected chi connectivity index (χ3v) is 3.92. The number of halogens is 1. The van der Waals surface area contributed by atoms with Crippen molar-refractivity contribution in [1.29, 1.82) is 0 Å². The highest BCUT2D eigenvalue weighted by atomic mass is 35.5. The molecule has 1 aromatic heterocycles. The summed E-state index contributed by atoms with van der Waals surface area (Å²) in [5, 5.41) is 0.608. The SMILES string of the molecule is O=Cc1nc2ccc(Cl)cc2n1Cc1ccc2c(c1)OOC2. The average Bonchev–Trinajstić information content (AvgIpc) is 3.11. The molecule has 0 unspecified atom stereocenters. The summed E-state index contributed by atoms with van der Waals surface area (Å²) in [6.45, 7) is 0.959. The Kier molecular flexibility index (Phi) is 3.10. The molecule has 4 rings (SSSR count). The van der Waals surface area contributed by atoms with Crippen LogP contribution in [0.1, 0.15) is 21.7 Å². The summed E-state index contributed by atoms with van der Waals surface area (Å²) in [4.78, 5) is 25.7. The molecule has 2 aromatic carbocycles. The van der Waals surface area contributed by atoms with Crippen molar-refractivity contribution in [3.8, 4) is 5.75 Å². The van der Waals surface area contributed by atoms with Crippen molar-refractivity contribution in [1.82, 2.24) is 9.55 Å². The van der Waals surface area contributed by atoms with Gasteiger partial charge in [0.25, 0.3) is 0 Å². The molecule has 2 heterocycles. The molecule has 0 fully saturated rings. The second kappa shape index (κ2) is 5.12. The molecular weight excluding hydrogens is 304 g/mol. The quantitative estimate of drug-likeness (QED) is 0.549. The van der Waals surface area contributed by atoms with E-state index in [2.05, 4.69) is 4.98 Å². The van der Waals surface area contributed by atoms with Crippen LogP contribution in [0.15, 0.2) is 36.4 Å². The number of fused-ring (bicyclic) bond motifs is 2. The molecule has 5 nitrogen and oxygen atoms in total. The molecule has 0 saturated carbocycles. The van der Waals surface area contributed by atoms with Crippen LogP contribution >= 0.6 is 11.6 Å². The summed E-state index contributed by atoms with van der Waals surface area (Å²) in [6, 6.07) is 11.2. The fourth-order valence-corrected chi connectivity index (χ4v) is 2.77. The fraction of sp³-hybridized carbons (Fsp3) is 0.125. The second-order valence-corrected chi connectivity index (χ2v) is 5.53. The van der Waals surface area contributed by atoms with Gasteiger partial charge in [-0.1, -0.05) is 23.7 Å². The van der Waals surface area contributed by atoms with E-state index in [1.54, 1.807) is 12.1 Å². The van der Waals surface area contributed by atoms with E-state index in [4.69, 9.17) is 21.4 Å². The normalized spacial score (nSPS) is 13.1. The van der Waals surface area contributed by atoms with Crippen molar-refractivity contribution in [2.75, 3.05) is 0 Å². The maximum Gasteiger partial charge on any atom is 0.185 e. The number of hydrogen-bond acceptors (Lipinski definition) is 4. The predicted octanol–water partition coefficient (Wildman–Crippen LogP) is 3.37. The molecule has 0 aliphatic carbocycles. The number of carbonyl (C=O) groups is 1. The van der Waals surface area contributed by atoms with Crippen LogP contribution in [0.4, 0.5) is 0 Å². The predicted molar refractivity (Wildman–Crippen MR) is 81.1 cm³/mol.